The molecule has 1 aromatic carbocycles. The molecule has 1 atom stereocenters. The third-order valence-electron chi connectivity index (χ3n) is 3.12. The van der Waals surface area contributed by atoms with Crippen molar-refractivity contribution in [3.63, 3.8) is 0 Å². The summed E-state index contributed by atoms with van der Waals surface area (Å²) < 4.78 is 12.8. The van der Waals surface area contributed by atoms with Gasteiger partial charge in [0.2, 0.25) is 5.91 Å². The summed E-state index contributed by atoms with van der Waals surface area (Å²) in [5.41, 5.74) is 1.03. The van der Waals surface area contributed by atoms with Crippen molar-refractivity contribution in [2.24, 2.45) is 0 Å². The number of benzene rings is 1. The zero-order valence-electron chi connectivity index (χ0n) is 10.6. The molecule has 0 aromatic heterocycles. The lowest BCUT2D eigenvalue weighted by Gasteiger charge is -2.14. The molecule has 1 aliphatic carbocycles. The second-order valence-electron chi connectivity index (χ2n) is 4.82. The van der Waals surface area contributed by atoms with E-state index in [1.54, 1.807) is 12.1 Å². The molecule has 1 aliphatic rings. The van der Waals surface area contributed by atoms with Crippen LogP contribution in [0.15, 0.2) is 24.3 Å². The number of nitrogens with one attached hydrogen (secondary N) is 2. The van der Waals surface area contributed by atoms with Gasteiger partial charge in [-0.05, 0) is 37.5 Å². The number of rotatable bonds is 6. The highest BCUT2D eigenvalue weighted by atomic mass is 19.1. The first-order valence-corrected chi connectivity index (χ1v) is 6.43. The minimum atomic E-state index is -0.227. The van der Waals surface area contributed by atoms with Gasteiger partial charge in [0, 0.05) is 25.0 Å². The second-order valence-corrected chi connectivity index (χ2v) is 4.82. The lowest BCUT2D eigenvalue weighted by molar-refractivity contribution is -0.121. The van der Waals surface area contributed by atoms with Crippen LogP contribution in [0, 0.1) is 5.82 Å². The maximum Gasteiger partial charge on any atom is 0.221 e. The van der Waals surface area contributed by atoms with Crippen LogP contribution in [-0.2, 0) is 4.79 Å². The Morgan fingerprint density at radius 3 is 2.67 bits per heavy atom. The number of amides is 1. The van der Waals surface area contributed by atoms with E-state index in [-0.39, 0.29) is 17.8 Å². The smallest absolute Gasteiger partial charge is 0.221 e. The first-order valence-electron chi connectivity index (χ1n) is 6.43. The van der Waals surface area contributed by atoms with E-state index in [1.165, 1.54) is 12.1 Å². The zero-order valence-corrected chi connectivity index (χ0v) is 10.6. The van der Waals surface area contributed by atoms with E-state index >= 15 is 0 Å². The van der Waals surface area contributed by atoms with Crippen molar-refractivity contribution >= 4 is 5.91 Å². The Hall–Kier alpha value is -1.42. The molecule has 4 heteroatoms. The van der Waals surface area contributed by atoms with Gasteiger partial charge in [0.05, 0.1) is 0 Å². The molecule has 1 fully saturated rings. The van der Waals surface area contributed by atoms with E-state index in [0.717, 1.165) is 18.4 Å². The van der Waals surface area contributed by atoms with E-state index in [9.17, 15) is 9.18 Å². The molecule has 0 unspecified atom stereocenters. The van der Waals surface area contributed by atoms with E-state index in [2.05, 4.69) is 10.6 Å². The van der Waals surface area contributed by atoms with Gasteiger partial charge in [-0.3, -0.25) is 4.79 Å². The van der Waals surface area contributed by atoms with Gasteiger partial charge >= 0.3 is 0 Å². The van der Waals surface area contributed by atoms with E-state index in [0.29, 0.717) is 19.0 Å². The lowest BCUT2D eigenvalue weighted by atomic mass is 10.1. The first kappa shape index (κ1) is 13.0. The Morgan fingerprint density at radius 1 is 1.39 bits per heavy atom. The Labute approximate surface area is 107 Å². The van der Waals surface area contributed by atoms with Crippen molar-refractivity contribution in [3.8, 4) is 0 Å². The Bertz CT molecular complexity index is 401. The highest BCUT2D eigenvalue weighted by molar-refractivity contribution is 5.76. The molecule has 0 radical (unpaired) electrons. The second kappa shape index (κ2) is 5.96. The SMILES string of the molecule is C[C@@H](NCCC(=O)NC1CC1)c1ccc(F)cc1. The number of hydrogen-bond acceptors (Lipinski definition) is 2. The molecule has 0 saturated heterocycles. The minimum absolute atomic E-state index is 0.108. The summed E-state index contributed by atoms with van der Waals surface area (Å²) in [4.78, 5) is 11.5. The van der Waals surface area contributed by atoms with Crippen molar-refractivity contribution in [2.45, 2.75) is 38.3 Å². The molecule has 0 aliphatic heterocycles. The molecule has 98 valence electrons. The largest absolute Gasteiger partial charge is 0.353 e. The number of hydrogen-bond donors (Lipinski definition) is 2. The average molecular weight is 250 g/mol. The van der Waals surface area contributed by atoms with Crippen molar-refractivity contribution in [1.82, 2.24) is 10.6 Å². The fourth-order valence-corrected chi connectivity index (χ4v) is 1.80. The van der Waals surface area contributed by atoms with Crippen LogP contribution in [-0.4, -0.2) is 18.5 Å². The van der Waals surface area contributed by atoms with E-state index in [4.69, 9.17) is 0 Å². The van der Waals surface area contributed by atoms with Crippen LogP contribution in [0.5, 0.6) is 0 Å². The summed E-state index contributed by atoms with van der Waals surface area (Å²) in [5, 5.41) is 6.21. The van der Waals surface area contributed by atoms with Crippen molar-refractivity contribution in [3.05, 3.63) is 35.6 Å². The van der Waals surface area contributed by atoms with Gasteiger partial charge < -0.3 is 10.6 Å². The number of carbonyl (C=O) groups is 1. The van der Waals surface area contributed by atoms with Crippen molar-refractivity contribution < 1.29 is 9.18 Å². The molecule has 3 nitrogen and oxygen atoms in total. The van der Waals surface area contributed by atoms with Gasteiger partial charge in [0.25, 0.3) is 0 Å². The molecule has 18 heavy (non-hydrogen) atoms. The van der Waals surface area contributed by atoms with Gasteiger partial charge in [-0.1, -0.05) is 12.1 Å². The quantitative estimate of drug-likeness (QED) is 0.812. The van der Waals surface area contributed by atoms with Gasteiger partial charge in [-0.25, -0.2) is 4.39 Å². The Balaban J connectivity index is 1.68. The van der Waals surface area contributed by atoms with Crippen LogP contribution < -0.4 is 10.6 Å². The van der Waals surface area contributed by atoms with Crippen molar-refractivity contribution in [2.75, 3.05) is 6.54 Å². The summed E-state index contributed by atoms with van der Waals surface area (Å²) in [7, 11) is 0. The Morgan fingerprint density at radius 2 is 2.06 bits per heavy atom. The summed E-state index contributed by atoms with van der Waals surface area (Å²) in [6, 6.07) is 6.97. The van der Waals surface area contributed by atoms with Gasteiger partial charge in [0.1, 0.15) is 5.82 Å². The van der Waals surface area contributed by atoms with Gasteiger partial charge in [-0.15, -0.1) is 0 Å². The van der Waals surface area contributed by atoms with Crippen LogP contribution in [0.1, 0.15) is 37.8 Å². The molecule has 2 N–H and O–H groups in total. The summed E-state index contributed by atoms with van der Waals surface area (Å²) in [6.45, 7) is 2.64. The molecular weight excluding hydrogens is 231 g/mol. The molecule has 1 amide bonds. The molecule has 1 aromatic rings. The van der Waals surface area contributed by atoms with Crippen LogP contribution in [0.4, 0.5) is 4.39 Å². The lowest BCUT2D eigenvalue weighted by Crippen LogP contribution is -2.30. The predicted octanol–water partition coefficient (Wildman–Crippen LogP) is 2.14. The first-order chi connectivity index (χ1) is 8.65. The predicted molar refractivity (Wildman–Crippen MR) is 68.6 cm³/mol. The molecule has 2 rings (SSSR count). The molecular formula is C14H19FN2O. The fraction of sp³-hybridized carbons (Fsp3) is 0.500. The highest BCUT2D eigenvalue weighted by Gasteiger charge is 2.22. The van der Waals surface area contributed by atoms with Crippen molar-refractivity contribution in [1.29, 1.82) is 0 Å². The van der Waals surface area contributed by atoms with Crippen LogP contribution in [0.2, 0.25) is 0 Å². The molecule has 0 heterocycles. The van der Waals surface area contributed by atoms with Gasteiger partial charge in [-0.2, -0.15) is 0 Å². The maximum absolute atomic E-state index is 12.8. The molecule has 0 bridgehead atoms. The zero-order chi connectivity index (χ0) is 13.0. The van der Waals surface area contributed by atoms with Crippen LogP contribution in [0.3, 0.4) is 0 Å². The molecule has 0 spiro atoms. The van der Waals surface area contributed by atoms with Crippen LogP contribution >= 0.6 is 0 Å². The average Bonchev–Trinajstić information content (AvgIpc) is 3.13. The van der Waals surface area contributed by atoms with Crippen LogP contribution in [0.25, 0.3) is 0 Å². The number of carbonyl (C=O) groups excluding carboxylic acids is 1. The summed E-state index contributed by atoms with van der Waals surface area (Å²) in [5.74, 6) is -0.119. The van der Waals surface area contributed by atoms with E-state index in [1.807, 2.05) is 6.92 Å². The third kappa shape index (κ3) is 4.11. The van der Waals surface area contributed by atoms with E-state index < -0.39 is 0 Å². The summed E-state index contributed by atoms with van der Waals surface area (Å²) in [6.07, 6.45) is 2.72. The minimum Gasteiger partial charge on any atom is -0.353 e. The molecule has 1 saturated carbocycles. The maximum atomic E-state index is 12.8. The highest BCUT2D eigenvalue weighted by Crippen LogP contribution is 2.18. The normalized spacial score (nSPS) is 16.3. The Kier molecular flexibility index (Phi) is 4.31. The third-order valence-corrected chi connectivity index (χ3v) is 3.12. The number of halogens is 1. The standard InChI is InChI=1S/C14H19FN2O/c1-10(11-2-4-12(15)5-3-11)16-9-8-14(18)17-13-6-7-13/h2-5,10,13,16H,6-9H2,1H3,(H,17,18)/t10-/m1/s1. The topological polar surface area (TPSA) is 41.1 Å². The fourth-order valence-electron chi connectivity index (χ4n) is 1.80. The summed E-state index contributed by atoms with van der Waals surface area (Å²) >= 11 is 0. The monoisotopic (exact) mass is 250 g/mol. The van der Waals surface area contributed by atoms with Gasteiger partial charge in [0.15, 0.2) is 0 Å².